The fourth-order valence-corrected chi connectivity index (χ4v) is 2.27. The summed E-state index contributed by atoms with van der Waals surface area (Å²) < 4.78 is 0. The van der Waals surface area contributed by atoms with Gasteiger partial charge in [0.25, 0.3) is 0 Å². The van der Waals surface area contributed by atoms with Gasteiger partial charge >= 0.3 is 0 Å². The molecule has 0 bridgehead atoms. The largest absolute Gasteiger partial charge is 0.399 e. The number of nitrogen functional groups attached to an aromatic ring is 1. The van der Waals surface area contributed by atoms with E-state index in [0.29, 0.717) is 0 Å². The first kappa shape index (κ1) is 12.7. The average molecular weight is 254 g/mol. The summed E-state index contributed by atoms with van der Waals surface area (Å²) in [6.07, 6.45) is 0. The van der Waals surface area contributed by atoms with Gasteiger partial charge in [-0.3, -0.25) is 4.79 Å². The summed E-state index contributed by atoms with van der Waals surface area (Å²) in [4.78, 5) is 13.0. The Morgan fingerprint density at radius 3 is 2.56 bits per heavy atom. The van der Waals surface area contributed by atoms with Gasteiger partial charge in [0.1, 0.15) is 0 Å². The minimum Gasteiger partial charge on any atom is -0.399 e. The first-order chi connectivity index (χ1) is 7.16. The molecule has 0 radical (unpaired) electrons. The molecule has 2 rings (SSSR count). The van der Waals surface area contributed by atoms with Gasteiger partial charge in [0.2, 0.25) is 0 Å². The third-order valence-electron chi connectivity index (χ3n) is 2.12. The summed E-state index contributed by atoms with van der Waals surface area (Å²) in [5.74, 6) is 0.107. The molecule has 0 aliphatic rings. The Balaban J connectivity index is 0.00000128. The standard InChI is InChI=1S/C12H11NOS.ClH/c1-8(14)11-5-6-12(15-11)9-3-2-4-10(13)7-9;/h2-7H,13H2,1H3;1H. The van der Waals surface area contributed by atoms with Crippen molar-refractivity contribution < 1.29 is 4.79 Å². The van der Waals surface area contributed by atoms with Crippen molar-refractivity contribution in [2.75, 3.05) is 5.73 Å². The molecule has 0 spiro atoms. The minimum atomic E-state index is 0. The van der Waals surface area contributed by atoms with E-state index in [4.69, 9.17) is 5.73 Å². The molecule has 0 amide bonds. The smallest absolute Gasteiger partial charge is 0.169 e. The maximum Gasteiger partial charge on any atom is 0.169 e. The van der Waals surface area contributed by atoms with Gasteiger partial charge in [-0.2, -0.15) is 0 Å². The van der Waals surface area contributed by atoms with Crippen molar-refractivity contribution in [2.45, 2.75) is 6.92 Å². The van der Waals surface area contributed by atoms with Crippen LogP contribution in [0, 0.1) is 0 Å². The molecule has 84 valence electrons. The van der Waals surface area contributed by atoms with Crippen molar-refractivity contribution in [3.63, 3.8) is 0 Å². The Bertz CT molecular complexity index is 507. The number of hydrogen-bond acceptors (Lipinski definition) is 3. The molecule has 0 aliphatic heterocycles. The highest BCUT2D eigenvalue weighted by atomic mass is 35.5. The lowest BCUT2D eigenvalue weighted by Gasteiger charge is -1.98. The van der Waals surface area contributed by atoms with Crippen molar-refractivity contribution >= 4 is 35.2 Å². The maximum atomic E-state index is 11.1. The van der Waals surface area contributed by atoms with Gasteiger partial charge in [-0.05, 0) is 36.8 Å². The quantitative estimate of drug-likeness (QED) is 0.656. The zero-order valence-corrected chi connectivity index (χ0v) is 10.4. The van der Waals surface area contributed by atoms with Crippen LogP contribution in [0.5, 0.6) is 0 Å². The number of nitrogens with two attached hydrogens (primary N) is 1. The van der Waals surface area contributed by atoms with Gasteiger partial charge in [-0.15, -0.1) is 23.7 Å². The first-order valence-corrected chi connectivity index (χ1v) is 5.45. The second-order valence-electron chi connectivity index (χ2n) is 3.35. The summed E-state index contributed by atoms with van der Waals surface area (Å²) in [7, 11) is 0. The number of Topliss-reactive ketones (excluding diaryl/α,β-unsaturated/α-hetero) is 1. The van der Waals surface area contributed by atoms with Gasteiger partial charge in [0.05, 0.1) is 4.88 Å². The summed E-state index contributed by atoms with van der Waals surface area (Å²) >= 11 is 1.50. The molecule has 0 unspecified atom stereocenters. The Morgan fingerprint density at radius 1 is 1.25 bits per heavy atom. The van der Waals surface area contributed by atoms with Crippen LogP contribution in [0.25, 0.3) is 10.4 Å². The number of benzene rings is 1. The number of anilines is 1. The van der Waals surface area contributed by atoms with Crippen LogP contribution < -0.4 is 5.73 Å². The lowest BCUT2D eigenvalue weighted by atomic mass is 10.2. The second kappa shape index (κ2) is 5.14. The normalized spacial score (nSPS) is 9.56. The highest BCUT2D eigenvalue weighted by Gasteiger charge is 2.05. The van der Waals surface area contributed by atoms with E-state index in [0.717, 1.165) is 21.0 Å². The SMILES string of the molecule is CC(=O)c1ccc(-c2cccc(N)c2)s1.Cl. The summed E-state index contributed by atoms with van der Waals surface area (Å²) in [5.41, 5.74) is 7.50. The number of thiophene rings is 1. The minimum absolute atomic E-state index is 0. The second-order valence-corrected chi connectivity index (χ2v) is 4.43. The molecular weight excluding hydrogens is 242 g/mol. The molecule has 2 nitrogen and oxygen atoms in total. The van der Waals surface area contributed by atoms with Gasteiger partial charge in [0, 0.05) is 10.6 Å². The molecule has 0 atom stereocenters. The number of hydrogen-bond donors (Lipinski definition) is 1. The molecule has 16 heavy (non-hydrogen) atoms. The van der Waals surface area contributed by atoms with E-state index in [1.807, 2.05) is 36.4 Å². The highest BCUT2D eigenvalue weighted by Crippen LogP contribution is 2.29. The van der Waals surface area contributed by atoms with Crippen LogP contribution in [-0.4, -0.2) is 5.78 Å². The van der Waals surface area contributed by atoms with E-state index in [-0.39, 0.29) is 18.2 Å². The van der Waals surface area contributed by atoms with Crippen LogP contribution >= 0.6 is 23.7 Å². The zero-order valence-electron chi connectivity index (χ0n) is 8.77. The van der Waals surface area contributed by atoms with Crippen molar-refractivity contribution in [3.05, 3.63) is 41.3 Å². The van der Waals surface area contributed by atoms with E-state index in [2.05, 4.69) is 0 Å². The molecule has 2 aromatic rings. The van der Waals surface area contributed by atoms with Crippen LogP contribution in [-0.2, 0) is 0 Å². The van der Waals surface area contributed by atoms with E-state index < -0.39 is 0 Å². The molecule has 4 heteroatoms. The zero-order chi connectivity index (χ0) is 10.8. The predicted molar refractivity (Wildman–Crippen MR) is 71.4 cm³/mol. The third-order valence-corrected chi connectivity index (χ3v) is 3.36. The average Bonchev–Trinajstić information content (AvgIpc) is 2.66. The lowest BCUT2D eigenvalue weighted by molar-refractivity contribution is 0.102. The van der Waals surface area contributed by atoms with Crippen LogP contribution in [0.15, 0.2) is 36.4 Å². The lowest BCUT2D eigenvalue weighted by Crippen LogP contribution is -1.84. The van der Waals surface area contributed by atoms with Crippen LogP contribution in [0.4, 0.5) is 5.69 Å². The van der Waals surface area contributed by atoms with Gasteiger partial charge in [-0.25, -0.2) is 0 Å². The molecule has 1 aromatic heterocycles. The number of carbonyl (C=O) groups excluding carboxylic acids is 1. The number of carbonyl (C=O) groups is 1. The molecule has 0 saturated carbocycles. The topological polar surface area (TPSA) is 43.1 Å². The highest BCUT2D eigenvalue weighted by molar-refractivity contribution is 7.17. The number of halogens is 1. The van der Waals surface area contributed by atoms with Crippen molar-refractivity contribution in [1.82, 2.24) is 0 Å². The van der Waals surface area contributed by atoms with Crippen LogP contribution in [0.1, 0.15) is 16.6 Å². The van der Waals surface area contributed by atoms with Gasteiger partial charge < -0.3 is 5.73 Å². The van der Waals surface area contributed by atoms with Crippen molar-refractivity contribution in [1.29, 1.82) is 0 Å². The van der Waals surface area contributed by atoms with Crippen molar-refractivity contribution in [3.8, 4) is 10.4 Å². The molecule has 0 aliphatic carbocycles. The summed E-state index contributed by atoms with van der Waals surface area (Å²) in [6, 6.07) is 11.5. The Hall–Kier alpha value is -1.32. The Morgan fingerprint density at radius 2 is 2.00 bits per heavy atom. The number of ketones is 1. The Labute approximate surface area is 105 Å². The van der Waals surface area contributed by atoms with Crippen molar-refractivity contribution in [2.24, 2.45) is 0 Å². The van der Waals surface area contributed by atoms with Crippen LogP contribution in [0.3, 0.4) is 0 Å². The summed E-state index contributed by atoms with van der Waals surface area (Å²) in [5, 5.41) is 0. The maximum absolute atomic E-state index is 11.1. The van der Waals surface area contributed by atoms with E-state index in [9.17, 15) is 4.79 Å². The Kier molecular flexibility index (Phi) is 4.10. The van der Waals surface area contributed by atoms with Gasteiger partial charge in [-0.1, -0.05) is 12.1 Å². The third kappa shape index (κ3) is 2.62. The molecular formula is C12H12ClNOS. The van der Waals surface area contributed by atoms with Gasteiger partial charge in [0.15, 0.2) is 5.78 Å². The first-order valence-electron chi connectivity index (χ1n) is 4.63. The molecule has 1 heterocycles. The molecule has 0 fully saturated rings. The van der Waals surface area contributed by atoms with E-state index >= 15 is 0 Å². The predicted octanol–water partition coefficient (Wildman–Crippen LogP) is 3.62. The molecule has 2 N–H and O–H groups in total. The fraction of sp³-hybridized carbons (Fsp3) is 0.0833. The van der Waals surface area contributed by atoms with E-state index in [1.165, 1.54) is 11.3 Å². The van der Waals surface area contributed by atoms with E-state index in [1.54, 1.807) is 6.92 Å². The number of rotatable bonds is 2. The summed E-state index contributed by atoms with van der Waals surface area (Å²) in [6.45, 7) is 1.58. The fourth-order valence-electron chi connectivity index (χ4n) is 1.37. The molecule has 0 saturated heterocycles. The monoisotopic (exact) mass is 253 g/mol. The molecule has 1 aromatic carbocycles. The van der Waals surface area contributed by atoms with Crippen LogP contribution in [0.2, 0.25) is 0 Å².